The Hall–Kier alpha value is -1.93. The second-order valence-electron chi connectivity index (χ2n) is 5.78. The number of halogens is 6. The lowest BCUT2D eigenvalue weighted by Gasteiger charge is -2.30. The highest BCUT2D eigenvalue weighted by molar-refractivity contribution is 5.65. The van der Waals surface area contributed by atoms with Gasteiger partial charge in [-0.3, -0.25) is 0 Å². The highest BCUT2D eigenvalue weighted by Gasteiger charge is 2.38. The largest absolute Gasteiger partial charge is 0.465 e. The van der Waals surface area contributed by atoms with Gasteiger partial charge in [0.1, 0.15) is 0 Å². The summed E-state index contributed by atoms with van der Waals surface area (Å²) in [4.78, 5) is 12.0. The summed E-state index contributed by atoms with van der Waals surface area (Å²) in [6, 6.07) is 1.66. The maximum Gasteiger partial charge on any atom is 0.416 e. The molecule has 0 atom stereocenters. The van der Waals surface area contributed by atoms with E-state index in [0.29, 0.717) is 18.9 Å². The maximum absolute atomic E-state index is 13.1. The number of likely N-dealkylation sites (tertiary alicyclic amines) is 1. The summed E-state index contributed by atoms with van der Waals surface area (Å²) in [5.41, 5.74) is -2.80. The maximum atomic E-state index is 13.1. The molecular weight excluding hydrogens is 340 g/mol. The van der Waals surface area contributed by atoms with E-state index >= 15 is 0 Å². The Morgan fingerprint density at radius 3 is 2.12 bits per heavy atom. The van der Waals surface area contributed by atoms with Crippen molar-refractivity contribution in [3.05, 3.63) is 34.9 Å². The summed E-state index contributed by atoms with van der Waals surface area (Å²) in [5, 5.41) is 8.84. The normalized spacial score (nSPS) is 17.2. The van der Waals surface area contributed by atoms with Crippen molar-refractivity contribution in [2.24, 2.45) is 5.92 Å². The van der Waals surface area contributed by atoms with Crippen LogP contribution in [0.5, 0.6) is 0 Å². The molecule has 0 aliphatic carbocycles. The number of alkyl halides is 6. The van der Waals surface area contributed by atoms with Crippen LogP contribution in [0.2, 0.25) is 0 Å². The third-order valence-electron chi connectivity index (χ3n) is 4.14. The summed E-state index contributed by atoms with van der Waals surface area (Å²) in [7, 11) is 0. The standard InChI is InChI=1S/C15H15F6NO2/c16-14(17,18)11-2-1-10(12(8-11)15(19,20)21)7-9-3-5-22(6-4-9)13(23)24/h1-2,8-9H,3-7H2,(H,23,24). The molecule has 0 saturated carbocycles. The average Bonchev–Trinajstić information content (AvgIpc) is 2.46. The molecule has 0 bridgehead atoms. The molecule has 3 nitrogen and oxygen atoms in total. The van der Waals surface area contributed by atoms with E-state index in [9.17, 15) is 31.1 Å². The highest BCUT2D eigenvalue weighted by atomic mass is 19.4. The smallest absolute Gasteiger partial charge is 0.416 e. The van der Waals surface area contributed by atoms with Crippen molar-refractivity contribution in [1.82, 2.24) is 4.90 Å². The van der Waals surface area contributed by atoms with E-state index < -0.39 is 29.6 Å². The minimum absolute atomic E-state index is 0.0273. The van der Waals surface area contributed by atoms with Crippen molar-refractivity contribution in [2.45, 2.75) is 31.6 Å². The quantitative estimate of drug-likeness (QED) is 0.784. The minimum atomic E-state index is -4.88. The number of carbonyl (C=O) groups is 1. The topological polar surface area (TPSA) is 40.5 Å². The molecule has 24 heavy (non-hydrogen) atoms. The summed E-state index contributed by atoms with van der Waals surface area (Å²) >= 11 is 0. The van der Waals surface area contributed by atoms with Gasteiger partial charge in [-0.1, -0.05) is 6.07 Å². The van der Waals surface area contributed by atoms with Crippen LogP contribution >= 0.6 is 0 Å². The van der Waals surface area contributed by atoms with Crippen LogP contribution in [0, 0.1) is 5.92 Å². The van der Waals surface area contributed by atoms with Gasteiger partial charge < -0.3 is 10.0 Å². The zero-order valence-corrected chi connectivity index (χ0v) is 12.4. The first-order valence-electron chi connectivity index (χ1n) is 7.23. The van der Waals surface area contributed by atoms with Crippen molar-refractivity contribution < 1.29 is 36.2 Å². The molecule has 1 N–H and O–H groups in total. The van der Waals surface area contributed by atoms with Crippen molar-refractivity contribution in [1.29, 1.82) is 0 Å². The second-order valence-corrected chi connectivity index (χ2v) is 5.78. The molecule has 9 heteroatoms. The van der Waals surface area contributed by atoms with E-state index in [1.54, 1.807) is 0 Å². The lowest BCUT2D eigenvalue weighted by Crippen LogP contribution is -2.38. The summed E-state index contributed by atoms with van der Waals surface area (Å²) in [5.74, 6) is -0.196. The second kappa shape index (κ2) is 6.52. The predicted molar refractivity (Wildman–Crippen MR) is 72.5 cm³/mol. The Morgan fingerprint density at radius 2 is 1.67 bits per heavy atom. The summed E-state index contributed by atoms with van der Waals surface area (Å²) < 4.78 is 77.2. The molecule has 1 saturated heterocycles. The lowest BCUT2D eigenvalue weighted by molar-refractivity contribution is -0.143. The molecule has 1 amide bonds. The van der Waals surface area contributed by atoms with Gasteiger partial charge in [0.2, 0.25) is 0 Å². The minimum Gasteiger partial charge on any atom is -0.465 e. The SMILES string of the molecule is O=C(O)N1CCC(Cc2ccc(C(F)(F)F)cc2C(F)(F)F)CC1. The fraction of sp³-hybridized carbons (Fsp3) is 0.533. The number of amides is 1. The Labute approximate surface area is 133 Å². The Balaban J connectivity index is 2.20. The zero-order valence-electron chi connectivity index (χ0n) is 12.4. The highest BCUT2D eigenvalue weighted by Crippen LogP contribution is 2.38. The van der Waals surface area contributed by atoms with Crippen molar-refractivity contribution in [2.75, 3.05) is 13.1 Å². The van der Waals surface area contributed by atoms with Crippen LogP contribution in [0.25, 0.3) is 0 Å². The van der Waals surface area contributed by atoms with E-state index in [1.165, 1.54) is 4.90 Å². The van der Waals surface area contributed by atoms with Gasteiger partial charge in [0.05, 0.1) is 11.1 Å². The first-order valence-corrected chi connectivity index (χ1v) is 7.23. The van der Waals surface area contributed by atoms with E-state index in [4.69, 9.17) is 5.11 Å². The molecule has 1 aromatic rings. The Morgan fingerprint density at radius 1 is 1.08 bits per heavy atom. The van der Waals surface area contributed by atoms with Gasteiger partial charge >= 0.3 is 18.4 Å². The molecule has 0 aromatic heterocycles. The Bertz CT molecular complexity index is 603. The average molecular weight is 355 g/mol. The molecule has 134 valence electrons. The molecule has 2 rings (SSSR count). The fourth-order valence-corrected chi connectivity index (χ4v) is 2.83. The lowest BCUT2D eigenvalue weighted by atomic mass is 9.87. The van der Waals surface area contributed by atoms with Crippen LogP contribution in [-0.2, 0) is 18.8 Å². The third-order valence-corrected chi connectivity index (χ3v) is 4.14. The molecule has 1 aliphatic heterocycles. The molecule has 1 aromatic carbocycles. The fourth-order valence-electron chi connectivity index (χ4n) is 2.83. The van der Waals surface area contributed by atoms with Crippen LogP contribution in [0.15, 0.2) is 18.2 Å². The molecular formula is C15H15F6NO2. The summed E-state index contributed by atoms with van der Waals surface area (Å²) in [6.45, 7) is 0.421. The van der Waals surface area contributed by atoms with Crippen LogP contribution < -0.4 is 0 Å². The molecule has 0 spiro atoms. The number of hydrogen-bond acceptors (Lipinski definition) is 1. The number of piperidine rings is 1. The van der Waals surface area contributed by atoms with Crippen LogP contribution in [-0.4, -0.2) is 29.2 Å². The van der Waals surface area contributed by atoms with E-state index in [0.717, 1.165) is 6.07 Å². The number of carboxylic acid groups (broad SMARTS) is 1. The van der Waals surface area contributed by atoms with Crippen molar-refractivity contribution in [3.8, 4) is 0 Å². The first kappa shape index (κ1) is 18.4. The zero-order chi connectivity index (χ0) is 18.1. The van der Waals surface area contributed by atoms with Crippen LogP contribution in [0.4, 0.5) is 31.1 Å². The van der Waals surface area contributed by atoms with E-state index in [1.807, 2.05) is 0 Å². The van der Waals surface area contributed by atoms with Gasteiger partial charge in [0, 0.05) is 13.1 Å². The van der Waals surface area contributed by atoms with Crippen molar-refractivity contribution in [3.63, 3.8) is 0 Å². The van der Waals surface area contributed by atoms with Gasteiger partial charge in [0.25, 0.3) is 0 Å². The van der Waals surface area contributed by atoms with Gasteiger partial charge in [-0.2, -0.15) is 26.3 Å². The van der Waals surface area contributed by atoms with Crippen molar-refractivity contribution >= 4 is 6.09 Å². The third kappa shape index (κ3) is 4.33. The predicted octanol–water partition coefficient (Wildman–Crippen LogP) is 4.66. The van der Waals surface area contributed by atoms with Gasteiger partial charge in [-0.05, 0) is 42.9 Å². The van der Waals surface area contributed by atoms with Gasteiger partial charge in [-0.25, -0.2) is 4.79 Å². The van der Waals surface area contributed by atoms with Gasteiger partial charge in [-0.15, -0.1) is 0 Å². The van der Waals surface area contributed by atoms with Crippen LogP contribution in [0.3, 0.4) is 0 Å². The molecule has 0 unspecified atom stereocenters. The number of rotatable bonds is 2. The molecule has 1 heterocycles. The van der Waals surface area contributed by atoms with Crippen LogP contribution in [0.1, 0.15) is 29.5 Å². The first-order chi connectivity index (χ1) is 11.0. The summed E-state index contributed by atoms with van der Waals surface area (Å²) in [6.07, 6.45) is -10.1. The monoisotopic (exact) mass is 355 g/mol. The van der Waals surface area contributed by atoms with Gasteiger partial charge in [0.15, 0.2) is 0 Å². The van der Waals surface area contributed by atoms with E-state index in [2.05, 4.69) is 0 Å². The van der Waals surface area contributed by atoms with E-state index in [-0.39, 0.29) is 37.1 Å². The molecule has 1 fully saturated rings. The Kier molecular flexibility index (Phi) is 5.00. The number of hydrogen-bond donors (Lipinski definition) is 1. The molecule has 0 radical (unpaired) electrons. The number of nitrogens with zero attached hydrogens (tertiary/aromatic N) is 1. The molecule has 1 aliphatic rings. The number of benzene rings is 1.